The number of rotatable bonds is 4. The average molecular weight is 397 g/mol. The first kappa shape index (κ1) is 18.1. The molecule has 1 aromatic heterocycles. The van der Waals surface area contributed by atoms with Crippen molar-refractivity contribution in [2.45, 2.75) is 12.5 Å². The number of fused-ring (bicyclic) bond motifs is 1. The lowest BCUT2D eigenvalue weighted by atomic mass is 10.1. The number of amides is 2. The van der Waals surface area contributed by atoms with Crippen LogP contribution in [0.3, 0.4) is 0 Å². The third kappa shape index (κ3) is 3.44. The zero-order valence-corrected chi connectivity index (χ0v) is 15.7. The number of carbonyl (C=O) groups excluding carboxylic acids is 2. The fourth-order valence-corrected chi connectivity index (χ4v) is 3.34. The van der Waals surface area contributed by atoms with Crippen molar-refractivity contribution in [3.63, 3.8) is 0 Å². The van der Waals surface area contributed by atoms with E-state index >= 15 is 0 Å². The highest BCUT2D eigenvalue weighted by atomic mass is 35.5. The Morgan fingerprint density at radius 3 is 2.79 bits per heavy atom. The van der Waals surface area contributed by atoms with Crippen LogP contribution in [-0.2, 0) is 9.59 Å². The fourth-order valence-electron chi connectivity index (χ4n) is 3.15. The molecule has 142 valence electrons. The van der Waals surface area contributed by atoms with Gasteiger partial charge in [0.15, 0.2) is 0 Å². The maximum absolute atomic E-state index is 12.8. The van der Waals surface area contributed by atoms with E-state index in [1.54, 1.807) is 42.3 Å². The number of anilines is 2. The molecule has 0 fully saturated rings. The first-order valence-electron chi connectivity index (χ1n) is 8.63. The molecule has 2 heterocycles. The van der Waals surface area contributed by atoms with Crippen molar-refractivity contribution >= 4 is 34.9 Å². The fraction of sp³-hybridized carbons (Fsp3) is 0.150. The van der Waals surface area contributed by atoms with Gasteiger partial charge in [-0.1, -0.05) is 29.8 Å². The molecule has 0 bridgehead atoms. The second kappa shape index (κ2) is 7.36. The lowest BCUT2D eigenvalue weighted by molar-refractivity contribution is -0.125. The first-order chi connectivity index (χ1) is 13.5. The SMILES string of the molecule is COc1ccc(-c2cnn3c2NC(=O)C[C@@H]3C(=O)Nc2cccc(Cl)c2)cc1. The van der Waals surface area contributed by atoms with Gasteiger partial charge < -0.3 is 15.4 Å². The number of ether oxygens (including phenoxy) is 1. The summed E-state index contributed by atoms with van der Waals surface area (Å²) in [7, 11) is 1.60. The van der Waals surface area contributed by atoms with Gasteiger partial charge in [-0.2, -0.15) is 5.10 Å². The molecule has 0 unspecified atom stereocenters. The molecule has 0 spiro atoms. The first-order valence-corrected chi connectivity index (χ1v) is 9.01. The molecule has 2 N–H and O–H groups in total. The third-order valence-electron chi connectivity index (χ3n) is 4.52. The Balaban J connectivity index is 1.65. The Kier molecular flexibility index (Phi) is 4.75. The Hall–Kier alpha value is -3.32. The smallest absolute Gasteiger partial charge is 0.249 e. The van der Waals surface area contributed by atoms with Gasteiger partial charge in [-0.05, 0) is 35.9 Å². The standard InChI is InChI=1S/C20H17ClN4O3/c1-28-15-7-5-12(6-8-15)16-11-22-25-17(10-18(26)24-19(16)25)20(27)23-14-4-2-3-13(21)9-14/h2-9,11,17H,10H2,1H3,(H,23,27)(H,24,26)/t17-/m1/s1. The summed E-state index contributed by atoms with van der Waals surface area (Å²) in [5.74, 6) is 0.650. The zero-order valence-electron chi connectivity index (χ0n) is 15.0. The van der Waals surface area contributed by atoms with E-state index in [0.29, 0.717) is 16.5 Å². The molecule has 28 heavy (non-hydrogen) atoms. The lowest BCUT2D eigenvalue weighted by Gasteiger charge is -2.24. The van der Waals surface area contributed by atoms with Gasteiger partial charge in [0.05, 0.1) is 19.7 Å². The van der Waals surface area contributed by atoms with E-state index in [4.69, 9.17) is 16.3 Å². The number of aromatic nitrogens is 2. The monoisotopic (exact) mass is 396 g/mol. The van der Waals surface area contributed by atoms with E-state index in [9.17, 15) is 9.59 Å². The highest BCUT2D eigenvalue weighted by Crippen LogP contribution is 2.35. The van der Waals surface area contributed by atoms with Gasteiger partial charge in [0.25, 0.3) is 0 Å². The van der Waals surface area contributed by atoms with Crippen molar-refractivity contribution in [2.75, 3.05) is 17.7 Å². The summed E-state index contributed by atoms with van der Waals surface area (Å²) < 4.78 is 6.72. The van der Waals surface area contributed by atoms with Crippen LogP contribution in [0.5, 0.6) is 5.75 Å². The van der Waals surface area contributed by atoms with Crippen LogP contribution in [0.2, 0.25) is 5.02 Å². The van der Waals surface area contributed by atoms with Crippen molar-refractivity contribution in [1.29, 1.82) is 0 Å². The number of carbonyl (C=O) groups is 2. The molecule has 1 aliphatic rings. The summed E-state index contributed by atoms with van der Waals surface area (Å²) >= 11 is 5.97. The third-order valence-corrected chi connectivity index (χ3v) is 4.76. The van der Waals surface area contributed by atoms with Crippen LogP contribution in [0.4, 0.5) is 11.5 Å². The summed E-state index contributed by atoms with van der Waals surface area (Å²) in [6, 6.07) is 13.5. The summed E-state index contributed by atoms with van der Waals surface area (Å²) in [6.45, 7) is 0. The second-order valence-electron chi connectivity index (χ2n) is 6.35. The normalized spacial score (nSPS) is 15.5. The molecule has 2 amide bonds. The van der Waals surface area contributed by atoms with E-state index in [-0.39, 0.29) is 18.2 Å². The van der Waals surface area contributed by atoms with E-state index in [0.717, 1.165) is 16.9 Å². The van der Waals surface area contributed by atoms with Gasteiger partial charge in [0.2, 0.25) is 11.8 Å². The van der Waals surface area contributed by atoms with E-state index < -0.39 is 6.04 Å². The van der Waals surface area contributed by atoms with Crippen LogP contribution < -0.4 is 15.4 Å². The Morgan fingerprint density at radius 1 is 1.29 bits per heavy atom. The lowest BCUT2D eigenvalue weighted by Crippen LogP contribution is -2.35. The van der Waals surface area contributed by atoms with Crippen molar-refractivity contribution in [3.8, 4) is 16.9 Å². The van der Waals surface area contributed by atoms with Crippen molar-refractivity contribution < 1.29 is 14.3 Å². The zero-order chi connectivity index (χ0) is 19.7. The number of hydrogen-bond donors (Lipinski definition) is 2. The molecular formula is C20H17ClN4O3. The van der Waals surface area contributed by atoms with E-state index in [1.165, 1.54) is 0 Å². The minimum atomic E-state index is -0.755. The van der Waals surface area contributed by atoms with Gasteiger partial charge in [0, 0.05) is 16.3 Å². The van der Waals surface area contributed by atoms with Crippen molar-refractivity contribution in [1.82, 2.24) is 9.78 Å². The minimum Gasteiger partial charge on any atom is -0.497 e. The van der Waals surface area contributed by atoms with Crippen LogP contribution in [0.15, 0.2) is 54.7 Å². The Bertz CT molecular complexity index is 1050. The number of nitrogens with one attached hydrogen (secondary N) is 2. The Labute approximate surface area is 166 Å². The summed E-state index contributed by atoms with van der Waals surface area (Å²) in [5, 5.41) is 10.5. The van der Waals surface area contributed by atoms with E-state index in [2.05, 4.69) is 15.7 Å². The van der Waals surface area contributed by atoms with Crippen LogP contribution in [-0.4, -0.2) is 28.7 Å². The van der Waals surface area contributed by atoms with Gasteiger partial charge in [-0.15, -0.1) is 0 Å². The van der Waals surface area contributed by atoms with Crippen LogP contribution >= 0.6 is 11.6 Å². The topological polar surface area (TPSA) is 85.2 Å². The number of benzene rings is 2. The number of methoxy groups -OCH3 is 1. The molecule has 4 rings (SSSR count). The summed E-state index contributed by atoms with van der Waals surface area (Å²) in [6.07, 6.45) is 1.64. The van der Waals surface area contributed by atoms with Crippen LogP contribution in [0.25, 0.3) is 11.1 Å². The average Bonchev–Trinajstić information content (AvgIpc) is 3.11. The molecule has 3 aromatic rings. The predicted molar refractivity (Wildman–Crippen MR) is 107 cm³/mol. The van der Waals surface area contributed by atoms with Gasteiger partial charge in [-0.3, -0.25) is 9.59 Å². The highest BCUT2D eigenvalue weighted by Gasteiger charge is 2.33. The van der Waals surface area contributed by atoms with Crippen LogP contribution in [0, 0.1) is 0 Å². The second-order valence-corrected chi connectivity index (χ2v) is 6.78. The predicted octanol–water partition coefficient (Wildman–Crippen LogP) is 3.73. The molecule has 7 nitrogen and oxygen atoms in total. The minimum absolute atomic E-state index is 0.00311. The summed E-state index contributed by atoms with van der Waals surface area (Å²) in [5.41, 5.74) is 2.15. The quantitative estimate of drug-likeness (QED) is 0.703. The maximum atomic E-state index is 12.8. The van der Waals surface area contributed by atoms with Gasteiger partial charge in [-0.25, -0.2) is 4.68 Å². The van der Waals surface area contributed by atoms with Crippen molar-refractivity contribution in [2.24, 2.45) is 0 Å². The summed E-state index contributed by atoms with van der Waals surface area (Å²) in [4.78, 5) is 25.1. The number of nitrogens with zero attached hydrogens (tertiary/aromatic N) is 2. The van der Waals surface area contributed by atoms with Gasteiger partial charge in [0.1, 0.15) is 17.6 Å². The molecule has 0 aliphatic carbocycles. The maximum Gasteiger partial charge on any atom is 0.249 e. The number of halogens is 1. The number of hydrogen-bond acceptors (Lipinski definition) is 4. The largest absolute Gasteiger partial charge is 0.497 e. The van der Waals surface area contributed by atoms with Gasteiger partial charge >= 0.3 is 0 Å². The molecule has 1 aliphatic heterocycles. The molecule has 8 heteroatoms. The molecular weight excluding hydrogens is 380 g/mol. The molecule has 0 saturated carbocycles. The highest BCUT2D eigenvalue weighted by molar-refractivity contribution is 6.30. The molecule has 2 aromatic carbocycles. The molecule has 0 saturated heterocycles. The molecule has 1 atom stereocenters. The molecule has 0 radical (unpaired) electrons. The van der Waals surface area contributed by atoms with Crippen molar-refractivity contribution in [3.05, 3.63) is 59.8 Å². The van der Waals surface area contributed by atoms with Crippen LogP contribution in [0.1, 0.15) is 12.5 Å². The van der Waals surface area contributed by atoms with E-state index in [1.807, 2.05) is 24.3 Å². The Morgan fingerprint density at radius 2 is 2.07 bits per heavy atom.